The van der Waals surface area contributed by atoms with Gasteiger partial charge < -0.3 is 19.1 Å². The average Bonchev–Trinajstić information content (AvgIpc) is 3.21. The first kappa shape index (κ1) is 28.2. The van der Waals surface area contributed by atoms with Gasteiger partial charge >= 0.3 is 6.09 Å². The molecule has 1 atom stereocenters. The lowest BCUT2D eigenvalue weighted by molar-refractivity contribution is 0.0240. The molecule has 0 spiro atoms. The highest BCUT2D eigenvalue weighted by Gasteiger charge is 2.26. The molecule has 3 rings (SSSR count). The van der Waals surface area contributed by atoms with E-state index >= 15 is 0 Å². The molecule has 0 aliphatic heterocycles. The lowest BCUT2D eigenvalue weighted by Gasteiger charge is -2.29. The van der Waals surface area contributed by atoms with Crippen LogP contribution in [0.4, 0.5) is 9.18 Å². The summed E-state index contributed by atoms with van der Waals surface area (Å²) in [5.41, 5.74) is 2.08. The smallest absolute Gasteiger partial charge is 0.410 e. The van der Waals surface area contributed by atoms with E-state index < -0.39 is 11.4 Å². The number of amides is 2. The molecule has 8 heteroatoms. The molecular formula is C29H39FN4O3. The number of rotatable bonds is 8. The van der Waals surface area contributed by atoms with Gasteiger partial charge in [0, 0.05) is 49.9 Å². The minimum Gasteiger partial charge on any atom is -0.444 e. The van der Waals surface area contributed by atoms with Gasteiger partial charge in [-0.3, -0.25) is 9.78 Å². The van der Waals surface area contributed by atoms with Crippen molar-refractivity contribution in [1.29, 1.82) is 0 Å². The zero-order chi connectivity index (χ0) is 27.5. The highest BCUT2D eigenvalue weighted by Crippen LogP contribution is 2.32. The van der Waals surface area contributed by atoms with E-state index in [0.717, 1.165) is 22.9 Å². The Morgan fingerprint density at radius 2 is 1.86 bits per heavy atom. The lowest BCUT2D eigenvalue weighted by Crippen LogP contribution is -2.39. The molecule has 2 amide bonds. The van der Waals surface area contributed by atoms with E-state index in [1.165, 1.54) is 12.1 Å². The van der Waals surface area contributed by atoms with Gasteiger partial charge in [-0.2, -0.15) is 0 Å². The Hall–Kier alpha value is -3.42. The van der Waals surface area contributed by atoms with Crippen LogP contribution in [0.3, 0.4) is 0 Å². The molecule has 1 unspecified atom stereocenters. The predicted molar refractivity (Wildman–Crippen MR) is 145 cm³/mol. The van der Waals surface area contributed by atoms with E-state index in [-0.39, 0.29) is 29.5 Å². The molecule has 0 bridgehead atoms. The normalized spacial score (nSPS) is 12.6. The summed E-state index contributed by atoms with van der Waals surface area (Å²) in [7, 11) is 1.71. The van der Waals surface area contributed by atoms with Gasteiger partial charge in [0.1, 0.15) is 11.4 Å². The van der Waals surface area contributed by atoms with Crippen LogP contribution >= 0.6 is 0 Å². The Bertz CT molecular complexity index is 1260. The predicted octanol–water partition coefficient (Wildman–Crippen LogP) is 6.40. The van der Waals surface area contributed by atoms with E-state index in [0.29, 0.717) is 18.8 Å². The third kappa shape index (κ3) is 6.48. The van der Waals surface area contributed by atoms with Crippen LogP contribution in [-0.2, 0) is 4.74 Å². The Balaban J connectivity index is 2.07. The third-order valence-corrected chi connectivity index (χ3v) is 6.35. The molecule has 0 aliphatic rings. The zero-order valence-corrected chi connectivity index (χ0v) is 23.2. The SMILES string of the molecule is CCCN(CC(C)c1cn(-c2ccc(F)cc2C(=O)N(C)C(C)C)c2cnccc12)C(=O)OC(C)(C)C. The monoisotopic (exact) mass is 510 g/mol. The fraction of sp³-hybridized carbons (Fsp3) is 0.483. The van der Waals surface area contributed by atoms with E-state index in [1.807, 2.05) is 58.4 Å². The molecule has 3 aromatic rings. The van der Waals surface area contributed by atoms with Crippen molar-refractivity contribution >= 4 is 22.9 Å². The Morgan fingerprint density at radius 1 is 1.16 bits per heavy atom. The molecule has 200 valence electrons. The first-order chi connectivity index (χ1) is 17.3. The Labute approximate surface area is 219 Å². The molecule has 1 aromatic carbocycles. The van der Waals surface area contributed by atoms with Crippen molar-refractivity contribution in [2.24, 2.45) is 0 Å². The molecule has 2 heterocycles. The Kier molecular flexibility index (Phi) is 8.61. The maximum atomic E-state index is 14.3. The number of benzene rings is 1. The van der Waals surface area contributed by atoms with Crippen molar-refractivity contribution < 1.29 is 18.7 Å². The molecule has 0 N–H and O–H groups in total. The number of ether oxygens (including phenoxy) is 1. The number of halogens is 1. The summed E-state index contributed by atoms with van der Waals surface area (Å²) in [5, 5.41) is 0.961. The number of aromatic nitrogens is 2. The quantitative estimate of drug-likeness (QED) is 0.352. The molecule has 0 radical (unpaired) electrons. The summed E-state index contributed by atoms with van der Waals surface area (Å²) in [6.45, 7) is 14.5. The highest BCUT2D eigenvalue weighted by atomic mass is 19.1. The molecule has 0 saturated carbocycles. The van der Waals surface area contributed by atoms with Gasteiger partial charge in [-0.05, 0) is 70.9 Å². The van der Waals surface area contributed by atoms with Crippen LogP contribution in [0.25, 0.3) is 16.6 Å². The second kappa shape index (κ2) is 11.3. The Morgan fingerprint density at radius 3 is 2.49 bits per heavy atom. The molecule has 0 fully saturated rings. The van der Waals surface area contributed by atoms with Crippen LogP contribution in [0.2, 0.25) is 0 Å². The minimum atomic E-state index is -0.581. The van der Waals surface area contributed by atoms with Crippen molar-refractivity contribution in [1.82, 2.24) is 19.4 Å². The number of nitrogens with zero attached hydrogens (tertiary/aromatic N) is 4. The first-order valence-corrected chi connectivity index (χ1v) is 12.8. The standard InChI is InChI=1S/C29H39FN4O3/c1-9-14-33(28(36)37-29(5,6)7)17-20(4)24-18-34(26-16-31-13-12-22(24)26)25-11-10-21(30)15-23(25)27(35)32(8)19(2)3/h10-13,15-16,18-20H,9,14,17H2,1-8H3. The van der Waals surface area contributed by atoms with E-state index in [2.05, 4.69) is 11.9 Å². The molecule has 7 nitrogen and oxygen atoms in total. The van der Waals surface area contributed by atoms with Crippen LogP contribution in [0.1, 0.15) is 76.7 Å². The van der Waals surface area contributed by atoms with E-state index in [4.69, 9.17) is 4.74 Å². The van der Waals surface area contributed by atoms with Crippen molar-refractivity contribution in [3.05, 3.63) is 59.8 Å². The zero-order valence-electron chi connectivity index (χ0n) is 23.2. The van der Waals surface area contributed by atoms with Crippen LogP contribution in [0.5, 0.6) is 0 Å². The maximum absolute atomic E-state index is 14.3. The highest BCUT2D eigenvalue weighted by molar-refractivity contribution is 5.99. The minimum absolute atomic E-state index is 0.0387. The van der Waals surface area contributed by atoms with Gasteiger partial charge in [0.15, 0.2) is 0 Å². The van der Waals surface area contributed by atoms with Crippen LogP contribution in [0.15, 0.2) is 42.9 Å². The fourth-order valence-corrected chi connectivity index (χ4v) is 4.29. The summed E-state index contributed by atoms with van der Waals surface area (Å²) in [6, 6.07) is 6.16. The summed E-state index contributed by atoms with van der Waals surface area (Å²) in [5.74, 6) is -0.771. The van der Waals surface area contributed by atoms with Crippen molar-refractivity contribution in [3.8, 4) is 5.69 Å². The lowest BCUT2D eigenvalue weighted by atomic mass is 10.0. The third-order valence-electron chi connectivity index (χ3n) is 6.35. The van der Waals surface area contributed by atoms with Crippen LogP contribution < -0.4 is 0 Å². The van der Waals surface area contributed by atoms with Crippen LogP contribution in [-0.4, -0.2) is 63.1 Å². The fourth-order valence-electron chi connectivity index (χ4n) is 4.29. The summed E-state index contributed by atoms with van der Waals surface area (Å²) >= 11 is 0. The topological polar surface area (TPSA) is 67.7 Å². The van der Waals surface area contributed by atoms with E-state index in [1.54, 1.807) is 35.3 Å². The summed E-state index contributed by atoms with van der Waals surface area (Å²) < 4.78 is 21.8. The van der Waals surface area contributed by atoms with Gasteiger partial charge in [0.05, 0.1) is 23.0 Å². The van der Waals surface area contributed by atoms with Crippen molar-refractivity contribution in [2.75, 3.05) is 20.1 Å². The number of fused-ring (bicyclic) bond motifs is 1. The number of carbonyl (C=O) groups excluding carboxylic acids is 2. The van der Waals surface area contributed by atoms with Gasteiger partial charge in [-0.1, -0.05) is 13.8 Å². The van der Waals surface area contributed by atoms with Gasteiger partial charge in [-0.25, -0.2) is 9.18 Å². The van der Waals surface area contributed by atoms with Crippen LogP contribution in [0, 0.1) is 5.82 Å². The second-order valence-electron chi connectivity index (χ2n) is 10.8. The largest absolute Gasteiger partial charge is 0.444 e. The molecule has 0 saturated heterocycles. The maximum Gasteiger partial charge on any atom is 0.410 e. The second-order valence-corrected chi connectivity index (χ2v) is 10.8. The molecular weight excluding hydrogens is 471 g/mol. The number of pyridine rings is 1. The van der Waals surface area contributed by atoms with Gasteiger partial charge in [0.25, 0.3) is 5.91 Å². The molecule has 37 heavy (non-hydrogen) atoms. The number of carbonyl (C=O) groups is 2. The van der Waals surface area contributed by atoms with Crippen molar-refractivity contribution in [2.45, 2.75) is 72.4 Å². The first-order valence-electron chi connectivity index (χ1n) is 12.8. The molecule has 2 aromatic heterocycles. The number of hydrogen-bond acceptors (Lipinski definition) is 4. The van der Waals surface area contributed by atoms with Gasteiger partial charge in [0.2, 0.25) is 0 Å². The van der Waals surface area contributed by atoms with Crippen molar-refractivity contribution in [3.63, 3.8) is 0 Å². The summed E-state index contributed by atoms with van der Waals surface area (Å²) in [4.78, 5) is 33.8. The number of hydrogen-bond donors (Lipinski definition) is 0. The summed E-state index contributed by atoms with van der Waals surface area (Å²) in [6.07, 6.45) is 5.91. The van der Waals surface area contributed by atoms with Gasteiger partial charge in [-0.15, -0.1) is 0 Å². The van der Waals surface area contributed by atoms with E-state index in [9.17, 15) is 14.0 Å². The average molecular weight is 511 g/mol. The molecule has 0 aliphatic carbocycles.